The van der Waals surface area contributed by atoms with Crippen LogP contribution in [0.15, 0.2) is 30.3 Å². The van der Waals surface area contributed by atoms with E-state index < -0.39 is 5.95 Å². The molecule has 2 rings (SSSR count). The molecule has 1 aromatic heterocycles. The predicted molar refractivity (Wildman–Crippen MR) is 69.0 cm³/mol. The van der Waals surface area contributed by atoms with Crippen LogP contribution in [-0.2, 0) is 6.42 Å². The Bertz CT molecular complexity index is 635. The van der Waals surface area contributed by atoms with Gasteiger partial charge in [-0.25, -0.2) is 4.98 Å². The van der Waals surface area contributed by atoms with Gasteiger partial charge < -0.3 is 0 Å². The Morgan fingerprint density at radius 3 is 2.61 bits per heavy atom. The quantitative estimate of drug-likeness (QED) is 0.771. The lowest BCUT2D eigenvalue weighted by Gasteiger charge is -2.06. The fourth-order valence-corrected chi connectivity index (χ4v) is 1.95. The van der Waals surface area contributed by atoms with Crippen molar-refractivity contribution in [3.05, 3.63) is 52.0 Å². The molecule has 0 amide bonds. The third-order valence-corrected chi connectivity index (χ3v) is 2.95. The standard InChI is InChI=1S/C13H7Cl2FN2/c14-8-1-4-12(15)11(7-8)10-3-2-9(5-6-17)18-13(10)16/h1-4,7H,5H2. The zero-order chi connectivity index (χ0) is 13.1. The molecule has 0 aliphatic rings. The van der Waals surface area contributed by atoms with E-state index in [0.717, 1.165) is 0 Å². The van der Waals surface area contributed by atoms with Crippen LogP contribution < -0.4 is 0 Å². The fraction of sp³-hybridized carbons (Fsp3) is 0.0769. The molecule has 2 aromatic rings. The van der Waals surface area contributed by atoms with E-state index in [9.17, 15) is 4.39 Å². The zero-order valence-electron chi connectivity index (χ0n) is 9.12. The van der Waals surface area contributed by atoms with E-state index >= 15 is 0 Å². The van der Waals surface area contributed by atoms with E-state index in [1.807, 2.05) is 6.07 Å². The van der Waals surface area contributed by atoms with E-state index in [1.165, 1.54) is 0 Å². The minimum atomic E-state index is -0.660. The summed E-state index contributed by atoms with van der Waals surface area (Å²) in [7, 11) is 0. The Morgan fingerprint density at radius 2 is 1.94 bits per heavy atom. The summed E-state index contributed by atoms with van der Waals surface area (Å²) in [6.45, 7) is 0. The lowest BCUT2D eigenvalue weighted by Crippen LogP contribution is -1.95. The minimum Gasteiger partial charge on any atom is -0.223 e. The summed E-state index contributed by atoms with van der Waals surface area (Å²) in [5, 5.41) is 9.39. The van der Waals surface area contributed by atoms with Crippen molar-refractivity contribution in [1.82, 2.24) is 4.98 Å². The maximum Gasteiger partial charge on any atom is 0.221 e. The Morgan fingerprint density at radius 1 is 1.17 bits per heavy atom. The van der Waals surface area contributed by atoms with Crippen molar-refractivity contribution in [3.8, 4) is 17.2 Å². The Balaban J connectivity index is 2.51. The molecule has 0 saturated heterocycles. The summed E-state index contributed by atoms with van der Waals surface area (Å²) in [4.78, 5) is 3.72. The molecular weight excluding hydrogens is 274 g/mol. The van der Waals surface area contributed by atoms with Crippen LogP contribution in [0.2, 0.25) is 10.0 Å². The van der Waals surface area contributed by atoms with E-state index in [1.54, 1.807) is 30.3 Å². The summed E-state index contributed by atoms with van der Waals surface area (Å²) in [5.74, 6) is -0.660. The van der Waals surface area contributed by atoms with Gasteiger partial charge in [-0.05, 0) is 30.3 Å². The van der Waals surface area contributed by atoms with Crippen molar-refractivity contribution in [2.75, 3.05) is 0 Å². The molecule has 0 aliphatic carbocycles. The second-order valence-electron chi connectivity index (χ2n) is 3.60. The largest absolute Gasteiger partial charge is 0.223 e. The summed E-state index contributed by atoms with van der Waals surface area (Å²) in [6, 6.07) is 9.86. The van der Waals surface area contributed by atoms with Gasteiger partial charge in [-0.15, -0.1) is 0 Å². The minimum absolute atomic E-state index is 0.0699. The molecule has 0 saturated carbocycles. The second kappa shape index (κ2) is 5.34. The van der Waals surface area contributed by atoms with Crippen molar-refractivity contribution in [2.45, 2.75) is 6.42 Å². The average molecular weight is 281 g/mol. The van der Waals surface area contributed by atoms with Crippen LogP contribution in [-0.4, -0.2) is 4.98 Å². The fourth-order valence-electron chi connectivity index (χ4n) is 1.56. The maximum atomic E-state index is 13.8. The molecule has 1 aromatic carbocycles. The molecule has 0 atom stereocenters. The van der Waals surface area contributed by atoms with Gasteiger partial charge in [0.25, 0.3) is 0 Å². The van der Waals surface area contributed by atoms with Crippen molar-refractivity contribution in [2.24, 2.45) is 0 Å². The van der Waals surface area contributed by atoms with Crippen LogP contribution >= 0.6 is 23.2 Å². The van der Waals surface area contributed by atoms with Crippen molar-refractivity contribution in [1.29, 1.82) is 5.26 Å². The van der Waals surface area contributed by atoms with Gasteiger partial charge in [-0.3, -0.25) is 0 Å². The number of pyridine rings is 1. The van der Waals surface area contributed by atoms with Crippen LogP contribution in [0.5, 0.6) is 0 Å². The van der Waals surface area contributed by atoms with Crippen LogP contribution in [0.4, 0.5) is 4.39 Å². The first kappa shape index (κ1) is 12.8. The van der Waals surface area contributed by atoms with Crippen LogP contribution in [0.1, 0.15) is 5.69 Å². The molecule has 0 fully saturated rings. The van der Waals surface area contributed by atoms with Gasteiger partial charge in [0, 0.05) is 21.2 Å². The van der Waals surface area contributed by atoms with Crippen LogP contribution in [0.3, 0.4) is 0 Å². The van der Waals surface area contributed by atoms with E-state index in [4.69, 9.17) is 28.5 Å². The number of hydrogen-bond acceptors (Lipinski definition) is 2. The Hall–Kier alpha value is -1.63. The number of aromatic nitrogens is 1. The van der Waals surface area contributed by atoms with Gasteiger partial charge in [0.2, 0.25) is 5.95 Å². The van der Waals surface area contributed by atoms with Crippen molar-refractivity contribution >= 4 is 23.2 Å². The normalized spacial score (nSPS) is 10.1. The summed E-state index contributed by atoms with van der Waals surface area (Å²) in [5.41, 5.74) is 1.14. The highest BCUT2D eigenvalue weighted by atomic mass is 35.5. The van der Waals surface area contributed by atoms with Crippen molar-refractivity contribution in [3.63, 3.8) is 0 Å². The summed E-state index contributed by atoms with van der Waals surface area (Å²) in [6.07, 6.45) is 0.0699. The number of hydrogen-bond donors (Lipinski definition) is 0. The first-order chi connectivity index (χ1) is 8.61. The molecule has 90 valence electrons. The van der Waals surface area contributed by atoms with Gasteiger partial charge in [0.05, 0.1) is 18.2 Å². The lowest BCUT2D eigenvalue weighted by molar-refractivity contribution is 0.582. The highest BCUT2D eigenvalue weighted by molar-refractivity contribution is 6.35. The number of rotatable bonds is 2. The first-order valence-corrected chi connectivity index (χ1v) is 5.85. The number of halogens is 3. The molecule has 0 aliphatic heterocycles. The molecule has 0 unspecified atom stereocenters. The Kier molecular flexibility index (Phi) is 3.81. The molecule has 1 heterocycles. The highest BCUT2D eigenvalue weighted by Crippen LogP contribution is 2.31. The third kappa shape index (κ3) is 2.61. The lowest BCUT2D eigenvalue weighted by atomic mass is 10.1. The van der Waals surface area contributed by atoms with Gasteiger partial charge >= 0.3 is 0 Å². The number of nitriles is 1. The van der Waals surface area contributed by atoms with E-state index in [0.29, 0.717) is 21.3 Å². The molecular formula is C13H7Cl2FN2. The number of benzene rings is 1. The average Bonchev–Trinajstić information content (AvgIpc) is 2.33. The molecule has 0 N–H and O–H groups in total. The molecule has 2 nitrogen and oxygen atoms in total. The van der Waals surface area contributed by atoms with Gasteiger partial charge in [0.1, 0.15) is 0 Å². The highest BCUT2D eigenvalue weighted by Gasteiger charge is 2.11. The monoisotopic (exact) mass is 280 g/mol. The topological polar surface area (TPSA) is 36.7 Å². The molecule has 0 radical (unpaired) electrons. The van der Waals surface area contributed by atoms with Crippen LogP contribution in [0, 0.1) is 17.3 Å². The van der Waals surface area contributed by atoms with E-state index in [-0.39, 0.29) is 12.0 Å². The predicted octanol–water partition coefficient (Wildman–Crippen LogP) is 4.26. The second-order valence-corrected chi connectivity index (χ2v) is 4.44. The van der Waals surface area contributed by atoms with E-state index in [2.05, 4.69) is 4.98 Å². The van der Waals surface area contributed by atoms with Crippen molar-refractivity contribution < 1.29 is 4.39 Å². The zero-order valence-corrected chi connectivity index (χ0v) is 10.6. The molecule has 0 bridgehead atoms. The molecule has 18 heavy (non-hydrogen) atoms. The molecule has 0 spiro atoms. The summed E-state index contributed by atoms with van der Waals surface area (Å²) < 4.78 is 13.8. The maximum absolute atomic E-state index is 13.8. The number of nitrogens with zero attached hydrogens (tertiary/aromatic N) is 2. The third-order valence-electron chi connectivity index (χ3n) is 2.39. The summed E-state index contributed by atoms with van der Waals surface area (Å²) >= 11 is 11.9. The first-order valence-electron chi connectivity index (χ1n) is 5.09. The van der Waals surface area contributed by atoms with Gasteiger partial charge in [-0.1, -0.05) is 23.2 Å². The molecule has 5 heteroatoms. The smallest absolute Gasteiger partial charge is 0.221 e. The SMILES string of the molecule is N#CCc1ccc(-c2cc(Cl)ccc2Cl)c(F)n1. The van der Waals surface area contributed by atoms with Gasteiger partial charge in [-0.2, -0.15) is 9.65 Å². The van der Waals surface area contributed by atoms with Crippen LogP contribution in [0.25, 0.3) is 11.1 Å². The Labute approximate surface area is 114 Å². The van der Waals surface area contributed by atoms with Gasteiger partial charge in [0.15, 0.2) is 0 Å².